The molecule has 3 aliphatic heterocycles. The highest BCUT2D eigenvalue weighted by atomic mass is 16.5. The number of rotatable bonds is 4. The largest absolute Gasteiger partial charge is 0.390 e. The van der Waals surface area contributed by atoms with E-state index >= 15 is 0 Å². The molecule has 4 rings (SSSR count). The van der Waals surface area contributed by atoms with E-state index in [-0.39, 0.29) is 6.61 Å². The van der Waals surface area contributed by atoms with Crippen molar-refractivity contribution in [1.82, 2.24) is 20.5 Å². The maximum Gasteiger partial charge on any atom is 0.252 e. The van der Waals surface area contributed by atoms with Gasteiger partial charge in [-0.1, -0.05) is 0 Å². The van der Waals surface area contributed by atoms with Crippen LogP contribution in [0.1, 0.15) is 0 Å². The van der Waals surface area contributed by atoms with Gasteiger partial charge in [0, 0.05) is 26.2 Å². The number of aliphatic hydroxyl groups excluding tert-OH is 1. The second-order valence-corrected chi connectivity index (χ2v) is 5.96. The Balaban J connectivity index is 1.62. The van der Waals surface area contributed by atoms with Crippen molar-refractivity contribution < 1.29 is 14.6 Å². The molecule has 2 fully saturated rings. The summed E-state index contributed by atoms with van der Waals surface area (Å²) in [5, 5.41) is 15.0. The summed E-state index contributed by atoms with van der Waals surface area (Å²) in [5.41, 5.74) is 3.50. The number of anilines is 3. The lowest BCUT2D eigenvalue weighted by Crippen LogP contribution is -2.41. The maximum absolute atomic E-state index is 9.25. The Kier molecular flexibility index (Phi) is 4.76. The molecule has 2 saturated heterocycles. The smallest absolute Gasteiger partial charge is 0.252 e. The fraction of sp³-hybridized carbons (Fsp3) is 0.714. The number of aliphatic hydroxyl groups is 1. The predicted molar refractivity (Wildman–Crippen MR) is 90.9 cm³/mol. The van der Waals surface area contributed by atoms with Gasteiger partial charge in [-0.3, -0.25) is 0 Å². The van der Waals surface area contributed by atoms with Crippen molar-refractivity contribution >= 4 is 23.6 Å². The van der Waals surface area contributed by atoms with Gasteiger partial charge in [0.1, 0.15) is 0 Å². The number of hydrogen-bond donors (Lipinski definition) is 2. The Hall–Kier alpha value is -2.24. The summed E-state index contributed by atoms with van der Waals surface area (Å²) in [6, 6.07) is 0. The van der Waals surface area contributed by atoms with E-state index in [1.54, 1.807) is 5.01 Å². The summed E-state index contributed by atoms with van der Waals surface area (Å²) in [5.74, 6) is 1.76. The van der Waals surface area contributed by atoms with Crippen molar-refractivity contribution in [2.45, 2.75) is 0 Å². The van der Waals surface area contributed by atoms with Crippen LogP contribution in [0.3, 0.4) is 0 Å². The molecule has 0 radical (unpaired) electrons. The molecule has 0 amide bonds. The molecule has 0 spiro atoms. The van der Waals surface area contributed by atoms with Crippen LogP contribution < -0.4 is 20.3 Å². The van der Waals surface area contributed by atoms with E-state index < -0.39 is 0 Å². The lowest BCUT2D eigenvalue weighted by atomic mass is 10.4. The van der Waals surface area contributed by atoms with Crippen LogP contribution in [0.15, 0.2) is 5.10 Å². The van der Waals surface area contributed by atoms with Crippen molar-refractivity contribution in [3.05, 3.63) is 0 Å². The SMILES string of the molecule is OCC1=NNN(c2nc(N3CCOCC3)nc(N3CCOCC3)n2)C1. The molecular weight excluding hydrogens is 328 g/mol. The minimum Gasteiger partial charge on any atom is -0.390 e. The number of hydrazone groups is 1. The summed E-state index contributed by atoms with van der Waals surface area (Å²) in [4.78, 5) is 18.1. The van der Waals surface area contributed by atoms with Gasteiger partial charge in [0.2, 0.25) is 11.9 Å². The fourth-order valence-electron chi connectivity index (χ4n) is 2.86. The zero-order valence-corrected chi connectivity index (χ0v) is 14.0. The quantitative estimate of drug-likeness (QED) is 0.646. The number of nitrogens with zero attached hydrogens (tertiary/aromatic N) is 7. The third-order valence-electron chi connectivity index (χ3n) is 4.28. The summed E-state index contributed by atoms with van der Waals surface area (Å²) in [7, 11) is 0. The second-order valence-electron chi connectivity index (χ2n) is 5.96. The van der Waals surface area contributed by atoms with Crippen molar-refractivity contribution in [2.75, 3.05) is 80.6 Å². The van der Waals surface area contributed by atoms with Crippen molar-refractivity contribution in [3.63, 3.8) is 0 Å². The average Bonchev–Trinajstić information content (AvgIpc) is 3.18. The lowest BCUT2D eigenvalue weighted by Gasteiger charge is -2.30. The van der Waals surface area contributed by atoms with E-state index in [9.17, 15) is 5.11 Å². The van der Waals surface area contributed by atoms with Gasteiger partial charge in [-0.2, -0.15) is 20.1 Å². The third kappa shape index (κ3) is 3.57. The first-order valence-corrected chi connectivity index (χ1v) is 8.44. The molecular formula is C14H22N8O3. The van der Waals surface area contributed by atoms with Crippen molar-refractivity contribution in [1.29, 1.82) is 0 Å². The highest BCUT2D eigenvalue weighted by Crippen LogP contribution is 2.21. The Labute approximate surface area is 145 Å². The average molecular weight is 350 g/mol. The minimum absolute atomic E-state index is 0.0960. The number of hydrogen-bond acceptors (Lipinski definition) is 11. The number of hydrazine groups is 1. The molecule has 0 bridgehead atoms. The molecule has 2 N–H and O–H groups in total. The Morgan fingerprint density at radius 2 is 1.36 bits per heavy atom. The van der Waals surface area contributed by atoms with E-state index in [2.05, 4.69) is 35.4 Å². The minimum atomic E-state index is -0.0960. The summed E-state index contributed by atoms with van der Waals surface area (Å²) in [6.45, 7) is 5.97. The first-order chi connectivity index (χ1) is 12.3. The summed E-state index contributed by atoms with van der Waals surface area (Å²) >= 11 is 0. The molecule has 4 heterocycles. The highest BCUT2D eigenvalue weighted by molar-refractivity contribution is 5.90. The van der Waals surface area contributed by atoms with Crippen LogP contribution in [0.4, 0.5) is 17.8 Å². The van der Waals surface area contributed by atoms with Crippen LogP contribution in [0.5, 0.6) is 0 Å². The monoisotopic (exact) mass is 350 g/mol. The van der Waals surface area contributed by atoms with Gasteiger partial charge in [0.05, 0.1) is 45.3 Å². The fourth-order valence-corrected chi connectivity index (χ4v) is 2.86. The van der Waals surface area contributed by atoms with Crippen LogP contribution in [0.2, 0.25) is 0 Å². The molecule has 1 aromatic rings. The number of aromatic nitrogens is 3. The van der Waals surface area contributed by atoms with E-state index in [0.717, 1.165) is 26.2 Å². The van der Waals surface area contributed by atoms with Gasteiger partial charge in [-0.15, -0.1) is 0 Å². The zero-order valence-electron chi connectivity index (χ0n) is 14.0. The normalized spacial score (nSPS) is 21.3. The van der Waals surface area contributed by atoms with Gasteiger partial charge >= 0.3 is 0 Å². The highest BCUT2D eigenvalue weighted by Gasteiger charge is 2.24. The molecule has 0 aromatic carbocycles. The first-order valence-electron chi connectivity index (χ1n) is 8.44. The number of morpholine rings is 2. The third-order valence-corrected chi connectivity index (χ3v) is 4.28. The molecule has 0 unspecified atom stereocenters. The molecule has 11 nitrogen and oxygen atoms in total. The van der Waals surface area contributed by atoms with Gasteiger partial charge in [-0.05, 0) is 0 Å². The molecule has 0 saturated carbocycles. The van der Waals surface area contributed by atoms with E-state index in [4.69, 9.17) is 9.47 Å². The van der Waals surface area contributed by atoms with Gasteiger partial charge in [0.25, 0.3) is 5.95 Å². The van der Waals surface area contributed by atoms with Crippen LogP contribution in [-0.2, 0) is 9.47 Å². The molecule has 25 heavy (non-hydrogen) atoms. The zero-order chi connectivity index (χ0) is 17.1. The number of ether oxygens (including phenoxy) is 2. The Bertz CT molecular complexity index is 594. The Morgan fingerprint density at radius 3 is 1.84 bits per heavy atom. The van der Waals surface area contributed by atoms with Gasteiger partial charge < -0.3 is 24.4 Å². The summed E-state index contributed by atoms with van der Waals surface area (Å²) in [6.07, 6.45) is 0. The van der Waals surface area contributed by atoms with Crippen LogP contribution in [0.25, 0.3) is 0 Å². The van der Waals surface area contributed by atoms with Crippen molar-refractivity contribution in [3.8, 4) is 0 Å². The molecule has 11 heteroatoms. The van der Waals surface area contributed by atoms with E-state index in [0.29, 0.717) is 56.5 Å². The molecule has 0 atom stereocenters. The van der Waals surface area contributed by atoms with Crippen LogP contribution in [0, 0.1) is 0 Å². The lowest BCUT2D eigenvalue weighted by molar-refractivity contribution is 0.121. The number of nitrogens with one attached hydrogen (secondary N) is 1. The van der Waals surface area contributed by atoms with Gasteiger partial charge in [-0.25, -0.2) is 10.5 Å². The second kappa shape index (κ2) is 7.33. The maximum atomic E-state index is 9.25. The van der Waals surface area contributed by atoms with Crippen LogP contribution in [-0.4, -0.2) is 91.5 Å². The molecule has 0 aliphatic carbocycles. The van der Waals surface area contributed by atoms with E-state index in [1.807, 2.05) is 0 Å². The van der Waals surface area contributed by atoms with Gasteiger partial charge in [0.15, 0.2) is 0 Å². The topological polar surface area (TPSA) is 111 Å². The summed E-state index contributed by atoms with van der Waals surface area (Å²) < 4.78 is 10.8. The van der Waals surface area contributed by atoms with E-state index in [1.165, 1.54) is 0 Å². The van der Waals surface area contributed by atoms with Crippen LogP contribution >= 0.6 is 0 Å². The predicted octanol–water partition coefficient (Wildman–Crippen LogP) is -1.78. The molecule has 3 aliphatic rings. The molecule has 1 aromatic heterocycles. The molecule has 136 valence electrons. The Morgan fingerprint density at radius 1 is 0.840 bits per heavy atom. The first kappa shape index (κ1) is 16.2. The standard InChI is InChI=1S/C14H22N8O3/c23-10-11-9-22(19-18-11)14-16-12(20-1-5-24-6-2-20)15-13(17-14)21-3-7-25-8-4-21/h19,23H,1-10H2. The van der Waals surface area contributed by atoms with Crippen molar-refractivity contribution in [2.24, 2.45) is 5.10 Å².